The Bertz CT molecular complexity index is 723. The van der Waals surface area contributed by atoms with Crippen LogP contribution < -0.4 is 0 Å². The number of benzene rings is 2. The molecule has 0 N–H and O–H groups in total. The second kappa shape index (κ2) is 7.79. The van der Waals surface area contributed by atoms with Gasteiger partial charge in [0.25, 0.3) is 0 Å². The number of rotatable bonds is 5. The molecule has 0 saturated carbocycles. The van der Waals surface area contributed by atoms with Crippen molar-refractivity contribution < 1.29 is 0 Å². The fourth-order valence-electron chi connectivity index (χ4n) is 2.47. The molecule has 0 bridgehead atoms. The van der Waals surface area contributed by atoms with Gasteiger partial charge in [-0.15, -0.1) is 0 Å². The van der Waals surface area contributed by atoms with Gasteiger partial charge in [-0.05, 0) is 68.5 Å². The van der Waals surface area contributed by atoms with Crippen molar-refractivity contribution in [1.82, 2.24) is 0 Å². The average molecular weight is 290 g/mol. The van der Waals surface area contributed by atoms with Crippen molar-refractivity contribution >= 4 is 16.3 Å². The van der Waals surface area contributed by atoms with Gasteiger partial charge in [-0.1, -0.05) is 65.8 Å². The molecule has 0 spiro atoms. The van der Waals surface area contributed by atoms with E-state index in [1.165, 1.54) is 33.1 Å². The molecule has 114 valence electrons. The molecule has 0 heteroatoms. The summed E-state index contributed by atoms with van der Waals surface area (Å²) in [7, 11) is 0. The molecule has 0 saturated heterocycles. The maximum absolute atomic E-state index is 2.30. The normalized spacial score (nSPS) is 12.5. The lowest BCUT2D eigenvalue weighted by molar-refractivity contribution is 0.967. The van der Waals surface area contributed by atoms with E-state index in [4.69, 9.17) is 0 Å². The maximum atomic E-state index is 2.30. The molecule has 0 atom stereocenters. The lowest BCUT2D eigenvalue weighted by Gasteiger charge is -2.04. The zero-order valence-corrected chi connectivity index (χ0v) is 14.2. The largest absolute Gasteiger partial charge is 0.0856 e. The van der Waals surface area contributed by atoms with E-state index in [1.54, 1.807) is 0 Å². The number of hydrogen-bond donors (Lipinski definition) is 0. The summed E-state index contributed by atoms with van der Waals surface area (Å²) in [6.45, 7) is 8.71. The highest BCUT2D eigenvalue weighted by Crippen LogP contribution is 2.21. The van der Waals surface area contributed by atoms with Gasteiger partial charge in [0.2, 0.25) is 0 Å². The van der Waals surface area contributed by atoms with Crippen LogP contribution in [-0.2, 0) is 0 Å². The summed E-state index contributed by atoms with van der Waals surface area (Å²) in [6, 6.07) is 15.2. The minimum Gasteiger partial charge on any atom is -0.0856 e. The fourth-order valence-corrected chi connectivity index (χ4v) is 2.47. The monoisotopic (exact) mass is 290 g/mol. The Labute approximate surface area is 134 Å². The smallest absolute Gasteiger partial charge is 0.0178 e. The van der Waals surface area contributed by atoms with Crippen LogP contribution in [-0.4, -0.2) is 0 Å². The van der Waals surface area contributed by atoms with E-state index < -0.39 is 0 Å². The highest BCUT2D eigenvalue weighted by molar-refractivity contribution is 5.86. The SMILES string of the molecule is CC(C)=CCCC(C)=CC=C(C)c1ccc2ccccc2c1. The first-order valence-corrected chi connectivity index (χ1v) is 8.03. The summed E-state index contributed by atoms with van der Waals surface area (Å²) in [5, 5.41) is 2.60. The first kappa shape index (κ1) is 16.3. The van der Waals surface area contributed by atoms with Crippen LogP contribution >= 0.6 is 0 Å². The zero-order valence-electron chi connectivity index (χ0n) is 14.2. The van der Waals surface area contributed by atoms with E-state index >= 15 is 0 Å². The van der Waals surface area contributed by atoms with Crippen molar-refractivity contribution in [1.29, 1.82) is 0 Å². The van der Waals surface area contributed by atoms with Gasteiger partial charge in [0.1, 0.15) is 0 Å². The quantitative estimate of drug-likeness (QED) is 0.413. The summed E-state index contributed by atoms with van der Waals surface area (Å²) in [6.07, 6.45) is 9.06. The van der Waals surface area contributed by atoms with E-state index in [0.717, 1.165) is 12.8 Å². The van der Waals surface area contributed by atoms with E-state index in [2.05, 4.69) is 88.4 Å². The minimum atomic E-state index is 1.13. The van der Waals surface area contributed by atoms with Crippen LogP contribution in [0.5, 0.6) is 0 Å². The predicted octanol–water partition coefficient (Wildman–Crippen LogP) is 6.94. The van der Waals surface area contributed by atoms with Crippen molar-refractivity contribution in [2.75, 3.05) is 0 Å². The molecular formula is C22H26. The van der Waals surface area contributed by atoms with Gasteiger partial charge in [-0.2, -0.15) is 0 Å². The Morgan fingerprint density at radius 1 is 0.864 bits per heavy atom. The van der Waals surface area contributed by atoms with Crippen molar-refractivity contribution in [3.05, 3.63) is 77.4 Å². The Hall–Kier alpha value is -2.08. The molecule has 0 amide bonds. The third-order valence-corrected chi connectivity index (χ3v) is 3.91. The molecular weight excluding hydrogens is 264 g/mol. The molecule has 0 radical (unpaired) electrons. The van der Waals surface area contributed by atoms with Crippen molar-refractivity contribution in [3.8, 4) is 0 Å². The third kappa shape index (κ3) is 4.73. The van der Waals surface area contributed by atoms with Gasteiger partial charge in [0.15, 0.2) is 0 Å². The molecule has 0 fully saturated rings. The summed E-state index contributed by atoms with van der Waals surface area (Å²) >= 11 is 0. The van der Waals surface area contributed by atoms with Crippen molar-refractivity contribution in [2.24, 2.45) is 0 Å². The molecule has 0 nitrogen and oxygen atoms in total. The lowest BCUT2D eigenvalue weighted by Crippen LogP contribution is -1.81. The summed E-state index contributed by atoms with van der Waals surface area (Å²) in [4.78, 5) is 0. The molecule has 2 aromatic rings. The van der Waals surface area contributed by atoms with Gasteiger partial charge in [-0.25, -0.2) is 0 Å². The minimum absolute atomic E-state index is 1.13. The lowest BCUT2D eigenvalue weighted by atomic mass is 10.0. The predicted molar refractivity (Wildman–Crippen MR) is 100 cm³/mol. The van der Waals surface area contributed by atoms with Gasteiger partial charge in [0.05, 0.1) is 0 Å². The summed E-state index contributed by atoms with van der Waals surface area (Å²) in [5.74, 6) is 0. The maximum Gasteiger partial charge on any atom is -0.0178 e. The molecule has 2 rings (SSSR count). The molecule has 0 aromatic heterocycles. The summed E-state index contributed by atoms with van der Waals surface area (Å²) in [5.41, 5.74) is 5.44. The first-order chi connectivity index (χ1) is 10.6. The highest BCUT2D eigenvalue weighted by Gasteiger charge is 1.97. The first-order valence-electron chi connectivity index (χ1n) is 8.03. The number of allylic oxidation sites excluding steroid dienone is 6. The second-order valence-corrected chi connectivity index (χ2v) is 6.24. The zero-order chi connectivity index (χ0) is 15.9. The standard InChI is InChI=1S/C22H26/c1-17(2)8-7-9-18(3)12-13-19(4)21-15-14-20-10-5-6-11-22(20)16-21/h5-6,8,10-16H,7,9H2,1-4H3. The van der Waals surface area contributed by atoms with Crippen LogP contribution in [0.25, 0.3) is 16.3 Å². The molecule has 0 aliphatic carbocycles. The van der Waals surface area contributed by atoms with Crippen LogP contribution in [0.4, 0.5) is 0 Å². The van der Waals surface area contributed by atoms with Crippen LogP contribution in [0.2, 0.25) is 0 Å². The van der Waals surface area contributed by atoms with Crippen molar-refractivity contribution in [3.63, 3.8) is 0 Å². The van der Waals surface area contributed by atoms with E-state index in [9.17, 15) is 0 Å². The van der Waals surface area contributed by atoms with Gasteiger partial charge >= 0.3 is 0 Å². The Morgan fingerprint density at radius 3 is 2.32 bits per heavy atom. The Balaban J connectivity index is 2.11. The Morgan fingerprint density at radius 2 is 1.59 bits per heavy atom. The Kier molecular flexibility index (Phi) is 5.77. The van der Waals surface area contributed by atoms with E-state index in [-0.39, 0.29) is 0 Å². The molecule has 0 aliphatic rings. The van der Waals surface area contributed by atoms with Gasteiger partial charge in [0, 0.05) is 0 Å². The van der Waals surface area contributed by atoms with Crippen LogP contribution in [0.1, 0.15) is 46.1 Å². The third-order valence-electron chi connectivity index (χ3n) is 3.91. The van der Waals surface area contributed by atoms with Crippen LogP contribution in [0, 0.1) is 0 Å². The van der Waals surface area contributed by atoms with Crippen LogP contribution in [0.15, 0.2) is 71.8 Å². The molecule has 0 aliphatic heterocycles. The van der Waals surface area contributed by atoms with Crippen molar-refractivity contribution in [2.45, 2.75) is 40.5 Å². The number of hydrogen-bond acceptors (Lipinski definition) is 0. The average Bonchev–Trinajstić information content (AvgIpc) is 2.51. The molecule has 22 heavy (non-hydrogen) atoms. The van der Waals surface area contributed by atoms with Crippen LogP contribution in [0.3, 0.4) is 0 Å². The van der Waals surface area contributed by atoms with Gasteiger partial charge in [-0.3, -0.25) is 0 Å². The van der Waals surface area contributed by atoms with E-state index in [0.29, 0.717) is 0 Å². The highest BCUT2D eigenvalue weighted by atomic mass is 14.0. The second-order valence-electron chi connectivity index (χ2n) is 6.24. The molecule has 2 aromatic carbocycles. The molecule has 0 heterocycles. The fraction of sp³-hybridized carbons (Fsp3) is 0.273. The summed E-state index contributed by atoms with van der Waals surface area (Å²) < 4.78 is 0. The topological polar surface area (TPSA) is 0 Å². The van der Waals surface area contributed by atoms with E-state index in [1.807, 2.05) is 0 Å². The van der Waals surface area contributed by atoms with Gasteiger partial charge < -0.3 is 0 Å². The number of fused-ring (bicyclic) bond motifs is 1. The molecule has 0 unspecified atom stereocenters.